The van der Waals surface area contributed by atoms with Gasteiger partial charge in [-0.3, -0.25) is 0 Å². The molecule has 3 rings (SSSR count). The Hall–Kier alpha value is -2.47. The van der Waals surface area contributed by atoms with E-state index in [2.05, 4.69) is 22.6 Å². The van der Waals surface area contributed by atoms with Gasteiger partial charge >= 0.3 is 6.03 Å². The molecule has 1 aliphatic heterocycles. The van der Waals surface area contributed by atoms with Gasteiger partial charge in [0.1, 0.15) is 18.1 Å². The number of furan rings is 1. The molecule has 0 spiro atoms. The molecule has 0 radical (unpaired) electrons. The minimum Gasteiger partial charge on any atom is -0.486 e. The number of ether oxygens (including phenoxy) is 1. The third-order valence-electron chi connectivity index (χ3n) is 4.51. The van der Waals surface area contributed by atoms with Crippen molar-refractivity contribution >= 4 is 11.7 Å². The minimum atomic E-state index is -0.176. The number of hydrogen-bond acceptors (Lipinski definition) is 4. The highest BCUT2D eigenvalue weighted by molar-refractivity contribution is 5.89. The van der Waals surface area contributed by atoms with Gasteiger partial charge in [-0.05, 0) is 69.3 Å². The topological polar surface area (TPSA) is 66.7 Å². The fourth-order valence-electron chi connectivity index (χ4n) is 3.06. The molecule has 1 atom stereocenters. The molecule has 1 aliphatic rings. The summed E-state index contributed by atoms with van der Waals surface area (Å²) < 4.78 is 10.8. The fraction of sp³-hybridized carbons (Fsp3) is 0.421. The number of nitrogens with one attached hydrogen (secondary N) is 2. The lowest BCUT2D eigenvalue weighted by atomic mass is 10.1. The molecule has 2 aromatic rings. The first-order valence-electron chi connectivity index (χ1n) is 8.71. The summed E-state index contributed by atoms with van der Waals surface area (Å²) in [4.78, 5) is 14.3. The van der Waals surface area contributed by atoms with Crippen molar-refractivity contribution in [1.82, 2.24) is 10.2 Å². The van der Waals surface area contributed by atoms with Gasteiger partial charge in [0.05, 0.1) is 6.26 Å². The molecule has 2 heterocycles. The van der Waals surface area contributed by atoms with Crippen LogP contribution in [0.2, 0.25) is 0 Å². The maximum Gasteiger partial charge on any atom is 0.319 e. The van der Waals surface area contributed by atoms with Gasteiger partial charge in [0, 0.05) is 18.3 Å². The number of likely N-dealkylation sites (tertiary alicyclic amines) is 1. The van der Waals surface area contributed by atoms with E-state index in [0.29, 0.717) is 19.2 Å². The number of amides is 2. The van der Waals surface area contributed by atoms with E-state index in [1.165, 1.54) is 12.8 Å². The van der Waals surface area contributed by atoms with Gasteiger partial charge in [-0.1, -0.05) is 0 Å². The zero-order chi connectivity index (χ0) is 17.5. The predicted octanol–water partition coefficient (Wildman–Crippen LogP) is 3.46. The van der Waals surface area contributed by atoms with Crippen LogP contribution in [0.3, 0.4) is 0 Å². The zero-order valence-corrected chi connectivity index (χ0v) is 14.5. The van der Waals surface area contributed by atoms with Gasteiger partial charge in [0.2, 0.25) is 0 Å². The molecule has 0 unspecified atom stereocenters. The molecule has 134 valence electrons. The van der Waals surface area contributed by atoms with Gasteiger partial charge in [-0.25, -0.2) is 4.79 Å². The Labute approximate surface area is 148 Å². The third-order valence-corrected chi connectivity index (χ3v) is 4.51. The van der Waals surface area contributed by atoms with Crippen LogP contribution in [0.25, 0.3) is 0 Å². The summed E-state index contributed by atoms with van der Waals surface area (Å²) in [5, 5.41) is 5.75. The Morgan fingerprint density at radius 1 is 1.32 bits per heavy atom. The van der Waals surface area contributed by atoms with Crippen molar-refractivity contribution in [2.45, 2.75) is 31.9 Å². The first kappa shape index (κ1) is 17.4. The van der Waals surface area contributed by atoms with Crippen LogP contribution >= 0.6 is 0 Å². The van der Waals surface area contributed by atoms with E-state index in [9.17, 15) is 4.79 Å². The fourth-order valence-corrected chi connectivity index (χ4v) is 3.06. The van der Waals surface area contributed by atoms with E-state index in [4.69, 9.17) is 9.15 Å². The molecule has 1 fully saturated rings. The molecule has 1 aromatic carbocycles. The molecule has 1 aromatic heterocycles. The Balaban J connectivity index is 1.37. The number of carbonyl (C=O) groups excluding carboxylic acids is 1. The van der Waals surface area contributed by atoms with Crippen LogP contribution in [-0.2, 0) is 6.61 Å². The predicted molar refractivity (Wildman–Crippen MR) is 96.8 cm³/mol. The van der Waals surface area contributed by atoms with E-state index >= 15 is 0 Å². The number of anilines is 1. The second-order valence-electron chi connectivity index (χ2n) is 6.34. The van der Waals surface area contributed by atoms with Crippen molar-refractivity contribution in [1.29, 1.82) is 0 Å². The van der Waals surface area contributed by atoms with Crippen molar-refractivity contribution in [3.05, 3.63) is 48.4 Å². The van der Waals surface area contributed by atoms with Crippen molar-refractivity contribution in [2.24, 2.45) is 0 Å². The molecular weight excluding hydrogens is 318 g/mol. The van der Waals surface area contributed by atoms with Crippen molar-refractivity contribution in [3.8, 4) is 5.75 Å². The average Bonchev–Trinajstić information content (AvgIpc) is 3.26. The van der Waals surface area contributed by atoms with Crippen LogP contribution < -0.4 is 15.4 Å². The lowest BCUT2D eigenvalue weighted by Gasteiger charge is -2.19. The van der Waals surface area contributed by atoms with E-state index in [-0.39, 0.29) is 6.03 Å². The average molecular weight is 343 g/mol. The number of urea groups is 1. The van der Waals surface area contributed by atoms with Crippen LogP contribution in [0.15, 0.2) is 47.1 Å². The smallest absolute Gasteiger partial charge is 0.319 e. The van der Waals surface area contributed by atoms with Crippen LogP contribution in [0.1, 0.15) is 25.0 Å². The van der Waals surface area contributed by atoms with E-state index in [1.807, 2.05) is 36.4 Å². The molecule has 2 amide bonds. The highest BCUT2D eigenvalue weighted by atomic mass is 16.5. The number of nitrogens with zero attached hydrogens (tertiary/aromatic N) is 1. The summed E-state index contributed by atoms with van der Waals surface area (Å²) >= 11 is 0. The SMILES string of the molecule is CN1CCC[C@H]1CCNC(=O)Nc1ccc(OCc2ccco2)cc1. The highest BCUT2D eigenvalue weighted by Gasteiger charge is 2.20. The van der Waals surface area contributed by atoms with E-state index < -0.39 is 0 Å². The van der Waals surface area contributed by atoms with Crippen LogP contribution in [-0.4, -0.2) is 37.1 Å². The van der Waals surface area contributed by atoms with Gasteiger partial charge in [-0.15, -0.1) is 0 Å². The maximum absolute atomic E-state index is 12.0. The second kappa shape index (κ2) is 8.58. The molecule has 0 aliphatic carbocycles. The molecule has 0 bridgehead atoms. The summed E-state index contributed by atoms with van der Waals surface area (Å²) in [6.45, 7) is 2.23. The largest absolute Gasteiger partial charge is 0.486 e. The van der Waals surface area contributed by atoms with Gasteiger partial charge in [-0.2, -0.15) is 0 Å². The molecule has 6 nitrogen and oxygen atoms in total. The normalized spacial score (nSPS) is 17.4. The lowest BCUT2D eigenvalue weighted by Crippen LogP contribution is -2.34. The standard InChI is InChI=1S/C19H25N3O3/c1-22-12-2-4-16(22)10-11-20-19(23)21-15-6-8-17(9-7-15)25-14-18-5-3-13-24-18/h3,5-9,13,16H,2,4,10-12,14H2,1H3,(H2,20,21,23)/t16-/m0/s1. The molecular formula is C19H25N3O3. The van der Waals surface area contributed by atoms with Gasteiger partial charge in [0.15, 0.2) is 0 Å². The summed E-state index contributed by atoms with van der Waals surface area (Å²) in [7, 11) is 2.15. The quantitative estimate of drug-likeness (QED) is 0.808. The summed E-state index contributed by atoms with van der Waals surface area (Å²) in [5.41, 5.74) is 0.737. The molecule has 1 saturated heterocycles. The van der Waals surface area contributed by atoms with Crippen LogP contribution in [0.5, 0.6) is 5.75 Å². The van der Waals surface area contributed by atoms with E-state index in [0.717, 1.165) is 30.2 Å². The molecule has 6 heteroatoms. The van der Waals surface area contributed by atoms with Crippen LogP contribution in [0.4, 0.5) is 10.5 Å². The Morgan fingerprint density at radius 2 is 2.16 bits per heavy atom. The number of hydrogen-bond donors (Lipinski definition) is 2. The third kappa shape index (κ3) is 5.26. The monoisotopic (exact) mass is 343 g/mol. The number of carbonyl (C=O) groups is 1. The van der Waals surface area contributed by atoms with Crippen molar-refractivity contribution < 1.29 is 13.9 Å². The zero-order valence-electron chi connectivity index (χ0n) is 14.5. The second-order valence-corrected chi connectivity index (χ2v) is 6.34. The first-order valence-corrected chi connectivity index (χ1v) is 8.71. The number of benzene rings is 1. The van der Waals surface area contributed by atoms with Gasteiger partial charge < -0.3 is 24.7 Å². The van der Waals surface area contributed by atoms with Crippen molar-refractivity contribution in [2.75, 3.05) is 25.5 Å². The molecule has 0 saturated carbocycles. The molecule has 2 N–H and O–H groups in total. The summed E-state index contributed by atoms with van der Waals surface area (Å²) in [6.07, 6.45) is 5.08. The molecule has 25 heavy (non-hydrogen) atoms. The lowest BCUT2D eigenvalue weighted by molar-refractivity contribution is 0.248. The summed E-state index contributed by atoms with van der Waals surface area (Å²) in [6, 6.07) is 11.4. The Bertz CT molecular complexity index is 655. The van der Waals surface area contributed by atoms with Crippen LogP contribution in [0, 0.1) is 0 Å². The van der Waals surface area contributed by atoms with Crippen molar-refractivity contribution in [3.63, 3.8) is 0 Å². The van der Waals surface area contributed by atoms with E-state index in [1.54, 1.807) is 6.26 Å². The number of rotatable bonds is 7. The van der Waals surface area contributed by atoms with Gasteiger partial charge in [0.25, 0.3) is 0 Å². The first-order chi connectivity index (χ1) is 12.2. The summed E-state index contributed by atoms with van der Waals surface area (Å²) in [5.74, 6) is 1.50. The Morgan fingerprint density at radius 3 is 2.84 bits per heavy atom. The maximum atomic E-state index is 12.0. The highest BCUT2D eigenvalue weighted by Crippen LogP contribution is 2.18. The Kier molecular flexibility index (Phi) is 5.95. The minimum absolute atomic E-state index is 0.176.